The summed E-state index contributed by atoms with van der Waals surface area (Å²) in [5.41, 5.74) is 0. The summed E-state index contributed by atoms with van der Waals surface area (Å²) in [5, 5.41) is 0. The van der Waals surface area contributed by atoms with Crippen molar-refractivity contribution in [3.8, 4) is 0 Å². The molecule has 0 aliphatic carbocycles. The van der Waals surface area contributed by atoms with Gasteiger partial charge in [-0.05, 0) is 25.2 Å². The summed E-state index contributed by atoms with van der Waals surface area (Å²) in [7, 11) is 0. The molecule has 0 aromatic rings. The Balaban J connectivity index is 4.31. The molecule has 0 amide bonds. The van der Waals surface area contributed by atoms with E-state index in [9.17, 15) is 14.4 Å². The molecule has 0 rings (SSSR count). The second kappa shape index (κ2) is 43.5. The van der Waals surface area contributed by atoms with Crippen LogP contribution in [0, 0.1) is 5.92 Å². The highest BCUT2D eigenvalue weighted by molar-refractivity contribution is 5.71. The number of esters is 3. The Labute approximate surface area is 342 Å². The van der Waals surface area contributed by atoms with Crippen molar-refractivity contribution in [1.82, 2.24) is 0 Å². The molecule has 0 unspecified atom stereocenters. The molecule has 0 radical (unpaired) electrons. The van der Waals surface area contributed by atoms with Gasteiger partial charge in [0.1, 0.15) is 13.2 Å². The summed E-state index contributed by atoms with van der Waals surface area (Å²) in [6.45, 7) is 9.00. The lowest BCUT2D eigenvalue weighted by Gasteiger charge is -2.18. The number of carbonyl (C=O) groups excluding carboxylic acids is 3. The molecule has 0 bridgehead atoms. The number of rotatable bonds is 44. The molecule has 0 fully saturated rings. The van der Waals surface area contributed by atoms with Crippen LogP contribution in [0.4, 0.5) is 0 Å². The van der Waals surface area contributed by atoms with Crippen molar-refractivity contribution in [2.24, 2.45) is 5.92 Å². The zero-order valence-electron chi connectivity index (χ0n) is 37.4. The number of unbranched alkanes of at least 4 members (excludes halogenated alkanes) is 31. The molecule has 55 heavy (non-hydrogen) atoms. The van der Waals surface area contributed by atoms with Crippen LogP contribution in [0.15, 0.2) is 0 Å². The van der Waals surface area contributed by atoms with Crippen LogP contribution in [0.5, 0.6) is 0 Å². The van der Waals surface area contributed by atoms with Crippen LogP contribution in [0.1, 0.15) is 272 Å². The van der Waals surface area contributed by atoms with E-state index in [-0.39, 0.29) is 31.1 Å². The van der Waals surface area contributed by atoms with Crippen LogP contribution in [-0.4, -0.2) is 37.2 Å². The van der Waals surface area contributed by atoms with E-state index in [1.165, 1.54) is 167 Å². The average molecular weight is 779 g/mol. The van der Waals surface area contributed by atoms with Crippen LogP contribution in [-0.2, 0) is 28.6 Å². The smallest absolute Gasteiger partial charge is 0.306 e. The highest BCUT2D eigenvalue weighted by Gasteiger charge is 2.19. The maximum Gasteiger partial charge on any atom is 0.306 e. The standard InChI is InChI=1S/C49H94O6/c1-5-7-9-11-13-15-17-21-24-28-32-36-40-47(50)53-43-46(55-49(52)42-38-34-30-26-19-16-14-12-10-8-6-2)44-54-48(51)41-37-33-29-25-22-18-20-23-27-31-35-39-45(3)4/h45-46H,5-44H2,1-4H3/t46-/m0/s1. The van der Waals surface area contributed by atoms with Crippen molar-refractivity contribution in [2.45, 2.75) is 278 Å². The van der Waals surface area contributed by atoms with Crippen LogP contribution >= 0.6 is 0 Å². The third-order valence-electron chi connectivity index (χ3n) is 11.0. The van der Waals surface area contributed by atoms with E-state index in [0.29, 0.717) is 19.3 Å². The highest BCUT2D eigenvalue weighted by Crippen LogP contribution is 2.16. The third-order valence-corrected chi connectivity index (χ3v) is 11.0. The molecular formula is C49H94O6. The van der Waals surface area contributed by atoms with E-state index in [2.05, 4.69) is 27.7 Å². The quantitative estimate of drug-likeness (QED) is 0.0348. The average Bonchev–Trinajstić information content (AvgIpc) is 3.17. The van der Waals surface area contributed by atoms with Crippen molar-refractivity contribution < 1.29 is 28.6 Å². The van der Waals surface area contributed by atoms with Crippen molar-refractivity contribution in [3.63, 3.8) is 0 Å². The number of hydrogen-bond acceptors (Lipinski definition) is 6. The van der Waals surface area contributed by atoms with Gasteiger partial charge in [0, 0.05) is 19.3 Å². The van der Waals surface area contributed by atoms with Gasteiger partial charge in [-0.2, -0.15) is 0 Å². The van der Waals surface area contributed by atoms with E-state index < -0.39 is 6.10 Å². The SMILES string of the molecule is CCCCCCCCCCCCCCC(=O)OC[C@@H](COC(=O)CCCCCCCCCCCCCC(C)C)OC(=O)CCCCCCCCCCCCC. The van der Waals surface area contributed by atoms with Gasteiger partial charge in [-0.15, -0.1) is 0 Å². The van der Waals surface area contributed by atoms with E-state index in [4.69, 9.17) is 14.2 Å². The lowest BCUT2D eigenvalue weighted by atomic mass is 10.0. The molecule has 0 heterocycles. The van der Waals surface area contributed by atoms with Gasteiger partial charge in [-0.25, -0.2) is 0 Å². The van der Waals surface area contributed by atoms with Crippen LogP contribution in [0.2, 0.25) is 0 Å². The molecule has 0 N–H and O–H groups in total. The highest BCUT2D eigenvalue weighted by atomic mass is 16.6. The first-order valence-electron chi connectivity index (χ1n) is 24.4. The van der Waals surface area contributed by atoms with Crippen LogP contribution < -0.4 is 0 Å². The van der Waals surface area contributed by atoms with Gasteiger partial charge in [0.2, 0.25) is 0 Å². The maximum absolute atomic E-state index is 12.7. The van der Waals surface area contributed by atoms with Gasteiger partial charge in [0.25, 0.3) is 0 Å². The molecule has 0 aromatic heterocycles. The topological polar surface area (TPSA) is 78.9 Å². The molecule has 0 spiro atoms. The van der Waals surface area contributed by atoms with Crippen molar-refractivity contribution >= 4 is 17.9 Å². The van der Waals surface area contributed by atoms with Gasteiger partial charge < -0.3 is 14.2 Å². The minimum Gasteiger partial charge on any atom is -0.462 e. The fourth-order valence-electron chi connectivity index (χ4n) is 7.33. The summed E-state index contributed by atoms with van der Waals surface area (Å²) >= 11 is 0. The Morgan fingerprint density at radius 3 is 0.891 bits per heavy atom. The van der Waals surface area contributed by atoms with Crippen LogP contribution in [0.3, 0.4) is 0 Å². The normalized spacial score (nSPS) is 11.9. The van der Waals surface area contributed by atoms with Gasteiger partial charge in [0.15, 0.2) is 6.10 Å². The first-order valence-corrected chi connectivity index (χ1v) is 24.4. The maximum atomic E-state index is 12.7. The van der Waals surface area contributed by atoms with E-state index in [1.807, 2.05) is 0 Å². The summed E-state index contributed by atoms with van der Waals surface area (Å²) < 4.78 is 16.8. The largest absolute Gasteiger partial charge is 0.462 e. The molecule has 0 aromatic carbocycles. The fourth-order valence-corrected chi connectivity index (χ4v) is 7.33. The molecule has 0 saturated heterocycles. The minimum atomic E-state index is -0.759. The third kappa shape index (κ3) is 43.4. The predicted molar refractivity (Wildman–Crippen MR) is 233 cm³/mol. The van der Waals surface area contributed by atoms with Gasteiger partial charge in [0.05, 0.1) is 0 Å². The van der Waals surface area contributed by atoms with Crippen LogP contribution in [0.25, 0.3) is 0 Å². The molecule has 6 heteroatoms. The Kier molecular flexibility index (Phi) is 42.3. The summed E-state index contributed by atoms with van der Waals surface area (Å²) in [6.07, 6.45) is 43.7. The Morgan fingerprint density at radius 1 is 0.345 bits per heavy atom. The number of hydrogen-bond donors (Lipinski definition) is 0. The first kappa shape index (κ1) is 53.4. The Morgan fingerprint density at radius 2 is 0.600 bits per heavy atom. The van der Waals surface area contributed by atoms with E-state index in [0.717, 1.165) is 63.7 Å². The summed E-state index contributed by atoms with van der Waals surface area (Å²) in [6, 6.07) is 0. The summed E-state index contributed by atoms with van der Waals surface area (Å²) in [5.74, 6) is -0.0226. The van der Waals surface area contributed by atoms with Crippen molar-refractivity contribution in [2.75, 3.05) is 13.2 Å². The minimum absolute atomic E-state index is 0.0632. The number of ether oxygens (including phenoxy) is 3. The summed E-state index contributed by atoms with van der Waals surface area (Å²) in [4.78, 5) is 37.8. The van der Waals surface area contributed by atoms with Crippen molar-refractivity contribution in [3.05, 3.63) is 0 Å². The second-order valence-corrected chi connectivity index (χ2v) is 17.2. The molecular weight excluding hydrogens is 685 g/mol. The molecule has 0 aliphatic rings. The predicted octanol–water partition coefficient (Wildman–Crippen LogP) is 15.5. The van der Waals surface area contributed by atoms with Crippen molar-refractivity contribution in [1.29, 1.82) is 0 Å². The zero-order chi connectivity index (χ0) is 40.3. The monoisotopic (exact) mass is 779 g/mol. The fraction of sp³-hybridized carbons (Fsp3) is 0.939. The first-order chi connectivity index (χ1) is 26.9. The molecule has 0 saturated carbocycles. The lowest BCUT2D eigenvalue weighted by molar-refractivity contribution is -0.167. The van der Waals surface area contributed by atoms with E-state index >= 15 is 0 Å². The van der Waals surface area contributed by atoms with Gasteiger partial charge >= 0.3 is 17.9 Å². The lowest BCUT2D eigenvalue weighted by Crippen LogP contribution is -2.30. The van der Waals surface area contributed by atoms with E-state index in [1.54, 1.807) is 0 Å². The molecule has 326 valence electrons. The zero-order valence-corrected chi connectivity index (χ0v) is 37.4. The Hall–Kier alpha value is -1.59. The molecule has 0 aliphatic heterocycles. The molecule has 6 nitrogen and oxygen atoms in total. The Bertz CT molecular complexity index is 826. The van der Waals surface area contributed by atoms with Gasteiger partial charge in [-0.3, -0.25) is 14.4 Å². The van der Waals surface area contributed by atoms with Gasteiger partial charge in [-0.1, -0.05) is 233 Å². The molecule has 1 atom stereocenters. The number of carbonyl (C=O) groups is 3. The second-order valence-electron chi connectivity index (χ2n) is 17.2.